The lowest BCUT2D eigenvalue weighted by atomic mass is 10.1. The minimum atomic E-state index is 0.621. The molecule has 3 rings (SSSR count). The van der Waals surface area contributed by atoms with Gasteiger partial charge in [0.1, 0.15) is 11.3 Å². The minimum absolute atomic E-state index is 0.621. The first-order chi connectivity index (χ1) is 8.78. The van der Waals surface area contributed by atoms with Crippen molar-refractivity contribution in [2.24, 2.45) is 0 Å². The molecule has 0 aliphatic rings. The predicted octanol–water partition coefficient (Wildman–Crippen LogP) is 4.73. The van der Waals surface area contributed by atoms with Crippen LogP contribution in [0.5, 0.6) is 0 Å². The van der Waals surface area contributed by atoms with Crippen molar-refractivity contribution in [1.82, 2.24) is 0 Å². The Bertz CT molecular complexity index is 768. The van der Waals surface area contributed by atoms with Crippen LogP contribution in [-0.4, -0.2) is 0 Å². The van der Waals surface area contributed by atoms with Gasteiger partial charge in [0.15, 0.2) is 0 Å². The number of nitriles is 1. The number of halogens is 1. The molecule has 0 atom stereocenters. The Morgan fingerprint density at radius 1 is 1.06 bits per heavy atom. The molecule has 0 fully saturated rings. The number of rotatable bonds is 1. The van der Waals surface area contributed by atoms with E-state index in [0.29, 0.717) is 5.56 Å². The zero-order valence-electron chi connectivity index (χ0n) is 9.35. The van der Waals surface area contributed by atoms with Gasteiger partial charge in [-0.05, 0) is 36.4 Å². The number of hydrogen-bond acceptors (Lipinski definition) is 2. The molecule has 0 bridgehead atoms. The Morgan fingerprint density at radius 3 is 2.72 bits per heavy atom. The third-order valence-corrected chi connectivity index (χ3v) is 3.28. The van der Waals surface area contributed by atoms with Crippen LogP contribution in [0.2, 0.25) is 0 Å². The van der Waals surface area contributed by atoms with Gasteiger partial charge in [-0.25, -0.2) is 0 Å². The van der Waals surface area contributed by atoms with Gasteiger partial charge in [0, 0.05) is 15.4 Å². The second-order valence-electron chi connectivity index (χ2n) is 3.95. The summed E-state index contributed by atoms with van der Waals surface area (Å²) < 4.78 is 6.79. The molecule has 0 unspecified atom stereocenters. The molecule has 0 aliphatic heterocycles. The smallest absolute Gasteiger partial charge is 0.136 e. The molecule has 1 heterocycles. The fraction of sp³-hybridized carbons (Fsp3) is 0. The molecule has 2 nitrogen and oxygen atoms in total. The van der Waals surface area contributed by atoms with Crippen molar-refractivity contribution in [2.75, 3.05) is 0 Å². The molecule has 2 aromatic carbocycles. The van der Waals surface area contributed by atoms with Gasteiger partial charge in [0.05, 0.1) is 11.6 Å². The van der Waals surface area contributed by atoms with Gasteiger partial charge >= 0.3 is 0 Å². The van der Waals surface area contributed by atoms with E-state index in [1.807, 2.05) is 42.5 Å². The molecule has 86 valence electrons. The molecule has 0 spiro atoms. The highest BCUT2D eigenvalue weighted by Crippen LogP contribution is 2.31. The minimum Gasteiger partial charge on any atom is -0.456 e. The van der Waals surface area contributed by atoms with E-state index >= 15 is 0 Å². The van der Waals surface area contributed by atoms with Crippen molar-refractivity contribution < 1.29 is 4.42 Å². The molecule has 0 amide bonds. The lowest BCUT2D eigenvalue weighted by molar-refractivity contribution is 0.631. The van der Waals surface area contributed by atoms with Crippen molar-refractivity contribution in [1.29, 1.82) is 5.26 Å². The van der Waals surface area contributed by atoms with E-state index in [9.17, 15) is 0 Å². The maximum Gasteiger partial charge on any atom is 0.136 e. The number of furan rings is 1. The molecule has 18 heavy (non-hydrogen) atoms. The predicted molar refractivity (Wildman–Crippen MR) is 74.1 cm³/mol. The number of fused-ring (bicyclic) bond motifs is 1. The fourth-order valence-corrected chi connectivity index (χ4v) is 2.32. The zero-order valence-corrected chi connectivity index (χ0v) is 10.9. The number of nitrogens with zero attached hydrogens (tertiary/aromatic N) is 1. The van der Waals surface area contributed by atoms with Crippen LogP contribution >= 0.6 is 15.9 Å². The molecule has 0 N–H and O–H groups in total. The van der Waals surface area contributed by atoms with E-state index in [0.717, 1.165) is 26.8 Å². The summed E-state index contributed by atoms with van der Waals surface area (Å²) in [5.74, 6) is 0.722. The maximum absolute atomic E-state index is 9.10. The van der Waals surface area contributed by atoms with E-state index in [-0.39, 0.29) is 0 Å². The normalized spacial score (nSPS) is 10.4. The topological polar surface area (TPSA) is 36.9 Å². The summed E-state index contributed by atoms with van der Waals surface area (Å²) in [7, 11) is 0. The van der Waals surface area contributed by atoms with Gasteiger partial charge in [-0.1, -0.05) is 28.1 Å². The average molecular weight is 298 g/mol. The van der Waals surface area contributed by atoms with Gasteiger partial charge in [-0.15, -0.1) is 0 Å². The van der Waals surface area contributed by atoms with Crippen LogP contribution in [0.1, 0.15) is 5.56 Å². The van der Waals surface area contributed by atoms with Crippen LogP contribution in [0.3, 0.4) is 0 Å². The second kappa shape index (κ2) is 4.32. The quantitative estimate of drug-likeness (QED) is 0.651. The van der Waals surface area contributed by atoms with Crippen molar-refractivity contribution >= 4 is 26.9 Å². The first-order valence-electron chi connectivity index (χ1n) is 5.46. The van der Waals surface area contributed by atoms with E-state index in [2.05, 4.69) is 22.0 Å². The molecular weight excluding hydrogens is 290 g/mol. The Labute approximate surface area is 113 Å². The Balaban J connectivity index is 2.23. The standard InChI is InChI=1S/C15H8BrNO/c16-12-5-6-14-11(7-12)8-15(18-14)13-4-2-1-3-10(13)9-17/h1-8H. The largest absolute Gasteiger partial charge is 0.456 e. The van der Waals surface area contributed by atoms with E-state index in [1.165, 1.54) is 0 Å². The summed E-state index contributed by atoms with van der Waals surface area (Å²) in [6.07, 6.45) is 0. The summed E-state index contributed by atoms with van der Waals surface area (Å²) in [4.78, 5) is 0. The number of benzene rings is 2. The van der Waals surface area contributed by atoms with Crippen LogP contribution in [0, 0.1) is 11.3 Å². The van der Waals surface area contributed by atoms with Gasteiger partial charge in [-0.2, -0.15) is 5.26 Å². The Morgan fingerprint density at radius 2 is 1.89 bits per heavy atom. The van der Waals surface area contributed by atoms with E-state index < -0.39 is 0 Å². The number of hydrogen-bond donors (Lipinski definition) is 0. The van der Waals surface area contributed by atoms with Gasteiger partial charge < -0.3 is 4.42 Å². The monoisotopic (exact) mass is 297 g/mol. The van der Waals surface area contributed by atoms with Crippen LogP contribution in [0.4, 0.5) is 0 Å². The second-order valence-corrected chi connectivity index (χ2v) is 4.87. The van der Waals surface area contributed by atoms with Gasteiger partial charge in [-0.3, -0.25) is 0 Å². The summed E-state index contributed by atoms with van der Waals surface area (Å²) in [5.41, 5.74) is 2.27. The summed E-state index contributed by atoms with van der Waals surface area (Å²) in [5, 5.41) is 10.1. The molecule has 0 radical (unpaired) electrons. The molecular formula is C15H8BrNO. The maximum atomic E-state index is 9.10. The lowest BCUT2D eigenvalue weighted by Gasteiger charge is -1.98. The van der Waals surface area contributed by atoms with Crippen molar-refractivity contribution in [3.05, 3.63) is 58.6 Å². The molecule has 3 heteroatoms. The van der Waals surface area contributed by atoms with Crippen LogP contribution in [0.15, 0.2) is 57.4 Å². The summed E-state index contributed by atoms with van der Waals surface area (Å²) >= 11 is 3.43. The highest BCUT2D eigenvalue weighted by molar-refractivity contribution is 9.10. The molecule has 0 saturated carbocycles. The molecule has 0 saturated heterocycles. The van der Waals surface area contributed by atoms with Crippen LogP contribution in [0.25, 0.3) is 22.3 Å². The first-order valence-corrected chi connectivity index (χ1v) is 6.26. The fourth-order valence-electron chi connectivity index (χ4n) is 1.94. The van der Waals surface area contributed by atoms with Crippen LogP contribution in [-0.2, 0) is 0 Å². The van der Waals surface area contributed by atoms with Crippen molar-refractivity contribution in [3.63, 3.8) is 0 Å². The van der Waals surface area contributed by atoms with E-state index in [1.54, 1.807) is 6.07 Å². The lowest BCUT2D eigenvalue weighted by Crippen LogP contribution is -1.80. The third kappa shape index (κ3) is 1.81. The van der Waals surface area contributed by atoms with Gasteiger partial charge in [0.25, 0.3) is 0 Å². The SMILES string of the molecule is N#Cc1ccccc1-c1cc2cc(Br)ccc2o1. The first kappa shape index (κ1) is 11.1. The highest BCUT2D eigenvalue weighted by atomic mass is 79.9. The molecule has 1 aromatic heterocycles. The Hall–Kier alpha value is -2.05. The van der Waals surface area contributed by atoms with Gasteiger partial charge in [0.2, 0.25) is 0 Å². The molecule has 0 aliphatic carbocycles. The van der Waals surface area contributed by atoms with Crippen LogP contribution < -0.4 is 0 Å². The summed E-state index contributed by atoms with van der Waals surface area (Å²) in [6.45, 7) is 0. The zero-order chi connectivity index (χ0) is 12.5. The molecule has 3 aromatic rings. The highest BCUT2D eigenvalue weighted by Gasteiger charge is 2.09. The Kier molecular flexibility index (Phi) is 2.66. The average Bonchev–Trinajstić information content (AvgIpc) is 2.81. The van der Waals surface area contributed by atoms with Crippen molar-refractivity contribution in [3.8, 4) is 17.4 Å². The van der Waals surface area contributed by atoms with E-state index in [4.69, 9.17) is 9.68 Å². The van der Waals surface area contributed by atoms with Crippen molar-refractivity contribution in [2.45, 2.75) is 0 Å². The third-order valence-electron chi connectivity index (χ3n) is 2.79. The summed E-state index contributed by atoms with van der Waals surface area (Å²) in [6, 6.07) is 17.4.